The number of benzene rings is 1. The van der Waals surface area contributed by atoms with Gasteiger partial charge in [0.1, 0.15) is 23.0 Å². The van der Waals surface area contributed by atoms with Crippen molar-refractivity contribution in [3.8, 4) is 11.3 Å². The Morgan fingerprint density at radius 3 is 2.61 bits per heavy atom. The monoisotopic (exact) mass is 563 g/mol. The summed E-state index contributed by atoms with van der Waals surface area (Å²) in [5.74, 6) is -1.91. The summed E-state index contributed by atoms with van der Waals surface area (Å²) < 4.78 is 34.9. The molecule has 3 N–H and O–H groups in total. The highest BCUT2D eigenvalue weighted by Gasteiger charge is 2.39. The fourth-order valence-electron chi connectivity index (χ4n) is 5.89. The first-order valence-corrected chi connectivity index (χ1v) is 13.5. The Morgan fingerprint density at radius 1 is 1.17 bits per heavy atom. The number of halogens is 2. The minimum Gasteiger partial charge on any atom is -0.453 e. The number of aromatic nitrogens is 2. The second kappa shape index (κ2) is 12.6. The number of ether oxygens (including phenoxy) is 1. The summed E-state index contributed by atoms with van der Waals surface area (Å²) in [6.45, 7) is 5.56. The van der Waals surface area contributed by atoms with Crippen molar-refractivity contribution in [1.82, 2.24) is 14.9 Å². The van der Waals surface area contributed by atoms with E-state index in [1.807, 2.05) is 13.0 Å². The summed E-state index contributed by atoms with van der Waals surface area (Å²) in [6.07, 6.45) is 7.43. The van der Waals surface area contributed by atoms with Gasteiger partial charge in [0.2, 0.25) is 0 Å². The standard InChI is InChI=1S/C31H35F2N5O3/c1-6-7-19-12-17(2)13-23(33)27(19)28-22(32)8-9-25(36-28)30(39)37-26-16-35-11-10-21(26)20-14-18(3)29(24(34)15-20)38(4)31(40)41-5/h6-13,16,18,20,24,29H,14-15,34H2,1-5H3,(H,37,39). The smallest absolute Gasteiger partial charge is 0.409 e. The first-order chi connectivity index (χ1) is 19.5. The number of anilines is 1. The van der Waals surface area contributed by atoms with Crippen molar-refractivity contribution in [1.29, 1.82) is 0 Å². The highest BCUT2D eigenvalue weighted by Crippen LogP contribution is 2.40. The van der Waals surface area contributed by atoms with Crippen LogP contribution in [0.25, 0.3) is 17.3 Å². The molecule has 1 aliphatic rings. The Hall–Kier alpha value is -4.18. The van der Waals surface area contributed by atoms with Crippen molar-refractivity contribution in [3.05, 3.63) is 82.8 Å². The number of nitrogens with one attached hydrogen (secondary N) is 1. The predicted octanol–water partition coefficient (Wildman–Crippen LogP) is 5.92. The molecule has 4 rings (SSSR count). The van der Waals surface area contributed by atoms with Crippen molar-refractivity contribution < 1.29 is 23.1 Å². The van der Waals surface area contributed by atoms with Crippen molar-refractivity contribution in [2.24, 2.45) is 11.7 Å². The number of hydrogen-bond donors (Lipinski definition) is 2. The summed E-state index contributed by atoms with van der Waals surface area (Å²) in [4.78, 5) is 35.4. The molecule has 0 spiro atoms. The predicted molar refractivity (Wildman–Crippen MR) is 154 cm³/mol. The van der Waals surface area contributed by atoms with Crippen LogP contribution < -0.4 is 11.1 Å². The van der Waals surface area contributed by atoms with E-state index >= 15 is 4.39 Å². The lowest BCUT2D eigenvalue weighted by atomic mass is 9.73. The van der Waals surface area contributed by atoms with Gasteiger partial charge in [-0.15, -0.1) is 0 Å². The molecule has 8 nitrogen and oxygen atoms in total. The van der Waals surface area contributed by atoms with E-state index in [0.717, 1.165) is 11.6 Å². The SMILES string of the molecule is CC=Cc1cc(C)cc(F)c1-c1nc(C(=O)Nc2cnccc2C2CC(C)C(N(C)C(=O)OC)C(N)C2)ccc1F. The van der Waals surface area contributed by atoms with Crippen LogP contribution >= 0.6 is 0 Å². The van der Waals surface area contributed by atoms with Gasteiger partial charge >= 0.3 is 6.09 Å². The van der Waals surface area contributed by atoms with E-state index in [-0.39, 0.29) is 40.9 Å². The van der Waals surface area contributed by atoms with Crippen molar-refractivity contribution >= 4 is 23.8 Å². The third-order valence-electron chi connectivity index (χ3n) is 7.61. The van der Waals surface area contributed by atoms with Gasteiger partial charge in [0.05, 0.1) is 25.0 Å². The third kappa shape index (κ3) is 6.27. The van der Waals surface area contributed by atoms with Crippen LogP contribution in [0.5, 0.6) is 0 Å². The average molecular weight is 564 g/mol. The van der Waals surface area contributed by atoms with Gasteiger partial charge in [-0.3, -0.25) is 9.78 Å². The van der Waals surface area contributed by atoms with E-state index in [1.54, 1.807) is 51.5 Å². The van der Waals surface area contributed by atoms with Crippen LogP contribution in [0.2, 0.25) is 0 Å². The number of hydrogen-bond acceptors (Lipinski definition) is 6. The Kier molecular flexibility index (Phi) is 9.12. The first kappa shape index (κ1) is 29.8. The fraction of sp³-hybridized carbons (Fsp3) is 0.355. The zero-order valence-corrected chi connectivity index (χ0v) is 23.8. The van der Waals surface area contributed by atoms with Gasteiger partial charge < -0.3 is 20.7 Å². The summed E-state index contributed by atoms with van der Waals surface area (Å²) in [7, 11) is 3.02. The first-order valence-electron chi connectivity index (χ1n) is 13.5. The van der Waals surface area contributed by atoms with Gasteiger partial charge in [-0.25, -0.2) is 18.6 Å². The van der Waals surface area contributed by atoms with Crippen LogP contribution in [0.4, 0.5) is 19.3 Å². The van der Waals surface area contributed by atoms with Crippen molar-refractivity contribution in [2.45, 2.75) is 51.6 Å². The Labute approximate surface area is 238 Å². The molecule has 2 aromatic heterocycles. The summed E-state index contributed by atoms with van der Waals surface area (Å²) in [5.41, 5.74) is 8.67. The van der Waals surface area contributed by atoms with Crippen LogP contribution in [0.3, 0.4) is 0 Å². The molecule has 1 saturated carbocycles. The average Bonchev–Trinajstić information content (AvgIpc) is 2.93. The molecular weight excluding hydrogens is 528 g/mol. The van der Waals surface area contributed by atoms with Crippen LogP contribution in [0.15, 0.2) is 48.8 Å². The lowest BCUT2D eigenvalue weighted by Crippen LogP contribution is -2.55. The van der Waals surface area contributed by atoms with Crippen LogP contribution in [-0.4, -0.2) is 53.1 Å². The Balaban J connectivity index is 1.61. The number of nitrogens with zero attached hydrogens (tertiary/aromatic N) is 3. The van der Waals surface area contributed by atoms with Gasteiger partial charge in [0, 0.05) is 24.8 Å². The fourth-order valence-corrected chi connectivity index (χ4v) is 5.89. The van der Waals surface area contributed by atoms with E-state index in [1.165, 1.54) is 24.1 Å². The van der Waals surface area contributed by atoms with Crippen LogP contribution in [0.1, 0.15) is 59.8 Å². The number of pyridine rings is 2. The Morgan fingerprint density at radius 2 is 1.93 bits per heavy atom. The number of allylic oxidation sites excluding steroid dienone is 1. The lowest BCUT2D eigenvalue weighted by molar-refractivity contribution is 0.0778. The molecule has 1 fully saturated rings. The van der Waals surface area contributed by atoms with Gasteiger partial charge in [-0.1, -0.05) is 25.1 Å². The maximum absolute atomic E-state index is 15.1. The quantitative estimate of drug-likeness (QED) is 0.385. The number of aryl methyl sites for hydroxylation is 1. The second-order valence-corrected chi connectivity index (χ2v) is 10.5. The molecule has 216 valence electrons. The third-order valence-corrected chi connectivity index (χ3v) is 7.61. The lowest BCUT2D eigenvalue weighted by Gasteiger charge is -2.43. The number of amides is 2. The number of rotatable bonds is 6. The molecule has 0 saturated heterocycles. The highest BCUT2D eigenvalue weighted by molar-refractivity contribution is 6.03. The molecule has 0 aliphatic heterocycles. The molecular formula is C31H35F2N5O3. The summed E-state index contributed by atoms with van der Waals surface area (Å²) in [6, 6.07) is 6.73. The molecule has 2 amide bonds. The largest absolute Gasteiger partial charge is 0.453 e. The van der Waals surface area contributed by atoms with E-state index < -0.39 is 23.6 Å². The van der Waals surface area contributed by atoms with Gasteiger partial charge in [0.15, 0.2) is 0 Å². The van der Waals surface area contributed by atoms with Gasteiger partial charge in [-0.2, -0.15) is 0 Å². The number of nitrogens with two attached hydrogens (primary N) is 1. The molecule has 4 unspecified atom stereocenters. The minimum atomic E-state index is -0.742. The zero-order chi connectivity index (χ0) is 29.8. The summed E-state index contributed by atoms with van der Waals surface area (Å²) >= 11 is 0. The van der Waals surface area contributed by atoms with Crippen molar-refractivity contribution in [3.63, 3.8) is 0 Å². The Bertz CT molecular complexity index is 1470. The molecule has 10 heteroatoms. The number of carbonyl (C=O) groups excluding carboxylic acids is 2. The second-order valence-electron chi connectivity index (χ2n) is 10.5. The van der Waals surface area contributed by atoms with E-state index in [2.05, 4.69) is 15.3 Å². The topological polar surface area (TPSA) is 110 Å². The molecule has 1 aliphatic carbocycles. The van der Waals surface area contributed by atoms with E-state index in [9.17, 15) is 14.0 Å². The van der Waals surface area contributed by atoms with E-state index in [0.29, 0.717) is 29.7 Å². The van der Waals surface area contributed by atoms with E-state index in [4.69, 9.17) is 10.5 Å². The van der Waals surface area contributed by atoms with Crippen LogP contribution in [0, 0.1) is 24.5 Å². The molecule has 2 heterocycles. The molecule has 3 aromatic rings. The van der Waals surface area contributed by atoms with Gasteiger partial charge in [0.25, 0.3) is 5.91 Å². The van der Waals surface area contributed by atoms with Crippen LogP contribution in [-0.2, 0) is 4.74 Å². The zero-order valence-electron chi connectivity index (χ0n) is 23.8. The summed E-state index contributed by atoms with van der Waals surface area (Å²) in [5, 5.41) is 2.86. The molecule has 41 heavy (non-hydrogen) atoms. The minimum absolute atomic E-state index is 0.0117. The number of carbonyl (C=O) groups is 2. The maximum Gasteiger partial charge on any atom is 0.409 e. The maximum atomic E-state index is 15.1. The van der Waals surface area contributed by atoms with Gasteiger partial charge in [-0.05, 0) is 79.5 Å². The van der Waals surface area contributed by atoms with Crippen molar-refractivity contribution in [2.75, 3.05) is 19.5 Å². The molecule has 4 atom stereocenters. The highest BCUT2D eigenvalue weighted by atomic mass is 19.1. The normalized spacial score (nSPS) is 20.6. The number of methoxy groups -OCH3 is 1. The molecule has 0 radical (unpaired) electrons. The molecule has 1 aromatic carbocycles. The number of likely N-dealkylation sites (N-methyl/N-ethyl adjacent to an activating group) is 1. The molecule has 0 bridgehead atoms.